The van der Waals surface area contributed by atoms with Crippen molar-refractivity contribution < 1.29 is 14.3 Å². The van der Waals surface area contributed by atoms with Gasteiger partial charge in [-0.25, -0.2) is 0 Å². The first-order chi connectivity index (χ1) is 17.2. The minimum Gasteiger partial charge on any atom is -0.494 e. The van der Waals surface area contributed by atoms with Gasteiger partial charge in [0.15, 0.2) is 5.11 Å². The van der Waals surface area contributed by atoms with E-state index in [0.29, 0.717) is 18.0 Å². The quantitative estimate of drug-likeness (QED) is 0.222. The highest BCUT2D eigenvalue weighted by molar-refractivity contribution is 7.81. The molecule has 1 aliphatic rings. The molecule has 0 aliphatic carbocycles. The van der Waals surface area contributed by atoms with E-state index in [1.54, 1.807) is 6.08 Å². The SMILES string of the molecule is CCCOc1ccc(C=C2C(=O)N(c3ccc(C)c(C)c3)C(=S)N(c3ccc(C)c(C)c3)C2=O)cc1. The molecule has 184 valence electrons. The van der Waals surface area contributed by atoms with Crippen molar-refractivity contribution in [1.29, 1.82) is 0 Å². The molecule has 0 atom stereocenters. The second-order valence-electron chi connectivity index (χ2n) is 9.08. The van der Waals surface area contributed by atoms with E-state index < -0.39 is 11.8 Å². The van der Waals surface area contributed by atoms with Crippen LogP contribution in [0.3, 0.4) is 0 Å². The highest BCUT2D eigenvalue weighted by Gasteiger charge is 2.41. The Morgan fingerprint density at radius 3 is 1.69 bits per heavy atom. The van der Waals surface area contributed by atoms with Gasteiger partial charge in [-0.05, 0) is 117 Å². The minimum absolute atomic E-state index is 0.0438. The molecule has 36 heavy (non-hydrogen) atoms. The number of hydrogen-bond acceptors (Lipinski definition) is 4. The Morgan fingerprint density at radius 1 is 0.750 bits per heavy atom. The number of anilines is 2. The van der Waals surface area contributed by atoms with Crippen LogP contribution < -0.4 is 14.5 Å². The zero-order chi connectivity index (χ0) is 26.0. The van der Waals surface area contributed by atoms with E-state index >= 15 is 0 Å². The third-order valence-electron chi connectivity index (χ3n) is 6.41. The van der Waals surface area contributed by atoms with Crippen LogP contribution in [0.1, 0.15) is 41.2 Å². The first-order valence-electron chi connectivity index (χ1n) is 12.0. The van der Waals surface area contributed by atoms with Gasteiger partial charge in [0.2, 0.25) is 0 Å². The van der Waals surface area contributed by atoms with Gasteiger partial charge in [0.05, 0.1) is 18.0 Å². The highest BCUT2D eigenvalue weighted by atomic mass is 32.1. The van der Waals surface area contributed by atoms with Gasteiger partial charge in [0.1, 0.15) is 11.3 Å². The third kappa shape index (κ3) is 4.95. The fourth-order valence-electron chi connectivity index (χ4n) is 3.96. The Kier molecular flexibility index (Phi) is 7.36. The van der Waals surface area contributed by atoms with Gasteiger partial charge in [0.25, 0.3) is 11.8 Å². The van der Waals surface area contributed by atoms with Crippen LogP contribution in [-0.2, 0) is 9.59 Å². The lowest BCUT2D eigenvalue weighted by Crippen LogP contribution is -2.57. The number of rotatable bonds is 6. The van der Waals surface area contributed by atoms with Crippen molar-refractivity contribution in [3.05, 3.63) is 94.1 Å². The van der Waals surface area contributed by atoms with Crippen LogP contribution in [0.2, 0.25) is 0 Å². The molecule has 1 aliphatic heterocycles. The zero-order valence-corrected chi connectivity index (χ0v) is 22.1. The lowest BCUT2D eigenvalue weighted by atomic mass is 10.0. The minimum atomic E-state index is -0.445. The van der Waals surface area contributed by atoms with Gasteiger partial charge in [-0.15, -0.1) is 0 Å². The molecule has 3 aromatic carbocycles. The van der Waals surface area contributed by atoms with Gasteiger partial charge in [-0.1, -0.05) is 31.2 Å². The van der Waals surface area contributed by atoms with Crippen LogP contribution in [0.15, 0.2) is 66.2 Å². The van der Waals surface area contributed by atoms with E-state index in [9.17, 15) is 9.59 Å². The normalized spacial score (nSPS) is 13.9. The van der Waals surface area contributed by atoms with E-state index in [1.165, 1.54) is 9.80 Å². The molecule has 1 fully saturated rings. The van der Waals surface area contributed by atoms with Crippen LogP contribution in [0.4, 0.5) is 11.4 Å². The Hall–Kier alpha value is -3.77. The molecule has 0 spiro atoms. The molecule has 5 nitrogen and oxygen atoms in total. The van der Waals surface area contributed by atoms with Crippen LogP contribution >= 0.6 is 12.2 Å². The van der Waals surface area contributed by atoms with Crippen molar-refractivity contribution in [1.82, 2.24) is 0 Å². The number of amides is 2. The molecule has 0 bridgehead atoms. The van der Waals surface area contributed by atoms with E-state index in [-0.39, 0.29) is 10.7 Å². The number of ether oxygens (including phenoxy) is 1. The molecule has 2 amide bonds. The van der Waals surface area contributed by atoms with Crippen LogP contribution in [0.25, 0.3) is 6.08 Å². The van der Waals surface area contributed by atoms with Gasteiger partial charge in [-0.3, -0.25) is 19.4 Å². The highest BCUT2D eigenvalue weighted by Crippen LogP contribution is 2.32. The van der Waals surface area contributed by atoms with Crippen molar-refractivity contribution in [2.45, 2.75) is 41.0 Å². The largest absolute Gasteiger partial charge is 0.494 e. The molecule has 0 unspecified atom stereocenters. The van der Waals surface area contributed by atoms with Crippen LogP contribution in [0, 0.1) is 27.7 Å². The van der Waals surface area contributed by atoms with E-state index in [4.69, 9.17) is 17.0 Å². The molecule has 1 saturated heterocycles. The number of aryl methyl sites for hydroxylation is 4. The van der Waals surface area contributed by atoms with Crippen molar-refractivity contribution in [3.63, 3.8) is 0 Å². The third-order valence-corrected chi connectivity index (χ3v) is 6.78. The fourth-order valence-corrected chi connectivity index (χ4v) is 4.34. The predicted octanol–water partition coefficient (Wildman–Crippen LogP) is 6.46. The molecule has 3 aromatic rings. The van der Waals surface area contributed by atoms with E-state index in [1.807, 2.05) is 95.3 Å². The number of thiocarbonyl (C=S) groups is 1. The second-order valence-corrected chi connectivity index (χ2v) is 9.44. The molecule has 0 N–H and O–H groups in total. The Balaban J connectivity index is 1.82. The summed E-state index contributed by atoms with van der Waals surface area (Å²) in [7, 11) is 0. The first kappa shape index (κ1) is 25.3. The molecule has 1 heterocycles. The van der Waals surface area contributed by atoms with Crippen molar-refractivity contribution >= 4 is 46.6 Å². The molecular formula is C30H30N2O3S. The summed E-state index contributed by atoms with van der Waals surface area (Å²) in [4.78, 5) is 30.4. The standard InChI is InChI=1S/C30H30N2O3S/c1-6-15-35-26-13-9-23(10-14-26)18-27-28(33)31(24-11-7-19(2)21(4)16-24)30(36)32(29(27)34)25-12-8-20(3)22(5)17-25/h7-14,16-18H,6,15H2,1-5H3. The number of nitrogens with zero attached hydrogens (tertiary/aromatic N) is 2. The molecule has 0 saturated carbocycles. The lowest BCUT2D eigenvalue weighted by molar-refractivity contribution is -0.120. The Morgan fingerprint density at radius 2 is 1.25 bits per heavy atom. The lowest BCUT2D eigenvalue weighted by Gasteiger charge is -2.37. The van der Waals surface area contributed by atoms with Crippen molar-refractivity contribution in [2.24, 2.45) is 0 Å². The van der Waals surface area contributed by atoms with E-state index in [2.05, 4.69) is 0 Å². The summed E-state index contributed by atoms with van der Waals surface area (Å²) in [5.74, 6) is -0.144. The molecule has 4 rings (SSSR count). The summed E-state index contributed by atoms with van der Waals surface area (Å²) in [6.45, 7) is 10.7. The van der Waals surface area contributed by atoms with E-state index in [0.717, 1.165) is 40.0 Å². The zero-order valence-electron chi connectivity index (χ0n) is 21.3. The van der Waals surface area contributed by atoms with Gasteiger partial charge in [-0.2, -0.15) is 0 Å². The summed E-state index contributed by atoms with van der Waals surface area (Å²) < 4.78 is 5.66. The number of hydrogen-bond donors (Lipinski definition) is 0. The van der Waals surface area contributed by atoms with Gasteiger partial charge in [0, 0.05) is 0 Å². The molecule has 0 aromatic heterocycles. The average molecular weight is 499 g/mol. The summed E-state index contributed by atoms with van der Waals surface area (Å²) in [6, 6.07) is 18.8. The summed E-state index contributed by atoms with van der Waals surface area (Å²) in [5, 5.41) is 0.136. The number of carbonyl (C=O) groups is 2. The molecule has 0 radical (unpaired) electrons. The topological polar surface area (TPSA) is 49.9 Å². The summed E-state index contributed by atoms with van der Waals surface area (Å²) >= 11 is 5.76. The van der Waals surface area contributed by atoms with Gasteiger partial charge < -0.3 is 4.74 Å². The molecule has 6 heteroatoms. The van der Waals surface area contributed by atoms with Gasteiger partial charge >= 0.3 is 0 Å². The smallest absolute Gasteiger partial charge is 0.270 e. The van der Waals surface area contributed by atoms with Crippen molar-refractivity contribution in [2.75, 3.05) is 16.4 Å². The average Bonchev–Trinajstić information content (AvgIpc) is 2.85. The van der Waals surface area contributed by atoms with Crippen LogP contribution in [0.5, 0.6) is 5.75 Å². The fraction of sp³-hybridized carbons (Fsp3) is 0.233. The summed E-state index contributed by atoms with van der Waals surface area (Å²) in [5.41, 5.74) is 6.31. The Bertz CT molecular complexity index is 1300. The Labute approximate surface area is 218 Å². The maximum absolute atomic E-state index is 13.8. The number of carbonyl (C=O) groups excluding carboxylic acids is 2. The summed E-state index contributed by atoms with van der Waals surface area (Å²) in [6.07, 6.45) is 2.54. The van der Waals surface area contributed by atoms with Crippen molar-refractivity contribution in [3.8, 4) is 5.75 Å². The molecular weight excluding hydrogens is 468 g/mol. The maximum Gasteiger partial charge on any atom is 0.270 e. The second kappa shape index (κ2) is 10.5. The number of benzene rings is 3. The maximum atomic E-state index is 13.8. The monoisotopic (exact) mass is 498 g/mol. The predicted molar refractivity (Wildman–Crippen MR) is 150 cm³/mol. The first-order valence-corrected chi connectivity index (χ1v) is 12.4. The van der Waals surface area contributed by atoms with Crippen LogP contribution in [-0.4, -0.2) is 23.5 Å².